The van der Waals surface area contributed by atoms with Gasteiger partial charge in [-0.25, -0.2) is 0 Å². The van der Waals surface area contributed by atoms with E-state index in [1.165, 1.54) is 9.47 Å². The monoisotopic (exact) mass is 291 g/mol. The first kappa shape index (κ1) is 15.0. The van der Waals surface area contributed by atoms with E-state index in [0.29, 0.717) is 11.0 Å². The van der Waals surface area contributed by atoms with Crippen LogP contribution >= 0.6 is 0 Å². The highest BCUT2D eigenvalue weighted by atomic mass is 16.4. The molecule has 0 radical (unpaired) electrons. The number of fused-ring (bicyclic) bond motifs is 1. The van der Waals surface area contributed by atoms with Crippen LogP contribution in [-0.4, -0.2) is 39.1 Å². The maximum atomic E-state index is 12.0. The van der Waals surface area contributed by atoms with Crippen LogP contribution in [0.4, 0.5) is 0 Å². The molecule has 2 aromatic rings. The number of carboxylic acids is 1. The third-order valence-corrected chi connectivity index (χ3v) is 3.24. The topological polar surface area (TPSA) is 95.4 Å². The molecule has 0 saturated heterocycles. The molecule has 0 bridgehead atoms. The first-order valence-corrected chi connectivity index (χ1v) is 6.58. The standard InChI is InChI=1S/C14H17N3O4/c1-3-9-4-5-11-10(6-9)15-13(20)14(21)17(11)8-16(2)7-12(18)19/h4-6H,3,7-8H2,1-2H3,(H,15,20)(H,18,19). The molecule has 0 atom stereocenters. The van der Waals surface area contributed by atoms with E-state index >= 15 is 0 Å². The van der Waals surface area contributed by atoms with Crippen LogP contribution in [0.3, 0.4) is 0 Å². The second-order valence-electron chi connectivity index (χ2n) is 4.94. The molecule has 7 nitrogen and oxygen atoms in total. The van der Waals surface area contributed by atoms with E-state index in [-0.39, 0.29) is 13.2 Å². The van der Waals surface area contributed by atoms with Crippen molar-refractivity contribution >= 4 is 17.0 Å². The predicted octanol–water partition coefficient (Wildman–Crippen LogP) is 0.226. The third-order valence-electron chi connectivity index (χ3n) is 3.24. The van der Waals surface area contributed by atoms with Gasteiger partial charge >= 0.3 is 17.1 Å². The second-order valence-corrected chi connectivity index (χ2v) is 4.94. The zero-order chi connectivity index (χ0) is 15.6. The highest BCUT2D eigenvalue weighted by Gasteiger charge is 2.11. The molecule has 0 fully saturated rings. The maximum absolute atomic E-state index is 12.0. The molecule has 0 aliphatic heterocycles. The van der Waals surface area contributed by atoms with Gasteiger partial charge in [0.1, 0.15) is 0 Å². The van der Waals surface area contributed by atoms with Crippen LogP contribution < -0.4 is 11.1 Å². The minimum absolute atomic E-state index is 0.0387. The third kappa shape index (κ3) is 3.19. The summed E-state index contributed by atoms with van der Waals surface area (Å²) in [5.74, 6) is -0.993. The van der Waals surface area contributed by atoms with Crippen LogP contribution in [0.1, 0.15) is 12.5 Å². The highest BCUT2D eigenvalue weighted by molar-refractivity contribution is 5.75. The van der Waals surface area contributed by atoms with Crippen molar-refractivity contribution in [1.82, 2.24) is 14.5 Å². The van der Waals surface area contributed by atoms with Gasteiger partial charge in [-0.15, -0.1) is 0 Å². The average Bonchev–Trinajstić information content (AvgIpc) is 2.42. The zero-order valence-electron chi connectivity index (χ0n) is 11.9. The summed E-state index contributed by atoms with van der Waals surface area (Å²) in [4.78, 5) is 38.5. The number of hydrogen-bond acceptors (Lipinski definition) is 4. The van der Waals surface area contributed by atoms with Crippen molar-refractivity contribution in [2.24, 2.45) is 0 Å². The predicted molar refractivity (Wildman–Crippen MR) is 78.5 cm³/mol. The minimum atomic E-state index is -0.993. The van der Waals surface area contributed by atoms with Crippen molar-refractivity contribution in [1.29, 1.82) is 0 Å². The van der Waals surface area contributed by atoms with Crippen LogP contribution in [0.5, 0.6) is 0 Å². The summed E-state index contributed by atoms with van der Waals surface area (Å²) in [7, 11) is 1.58. The van der Waals surface area contributed by atoms with Gasteiger partial charge in [-0.05, 0) is 31.2 Å². The molecule has 0 aliphatic carbocycles. The Hall–Kier alpha value is -2.41. The first-order chi connectivity index (χ1) is 9.92. The molecule has 0 amide bonds. The number of hydrogen-bond donors (Lipinski definition) is 2. The van der Waals surface area contributed by atoms with Crippen molar-refractivity contribution < 1.29 is 9.90 Å². The lowest BCUT2D eigenvalue weighted by atomic mass is 10.1. The van der Waals surface area contributed by atoms with Gasteiger partial charge in [0.25, 0.3) is 0 Å². The molecule has 21 heavy (non-hydrogen) atoms. The number of H-pyrrole nitrogens is 1. The molecule has 0 unspecified atom stereocenters. The summed E-state index contributed by atoms with van der Waals surface area (Å²) >= 11 is 0. The summed E-state index contributed by atoms with van der Waals surface area (Å²) < 4.78 is 1.29. The Bertz CT molecular complexity index is 791. The Labute approximate surface area is 120 Å². The number of nitrogens with zero attached hydrogens (tertiary/aromatic N) is 2. The maximum Gasteiger partial charge on any atom is 0.317 e. The number of carbonyl (C=O) groups is 1. The Morgan fingerprint density at radius 2 is 2.10 bits per heavy atom. The smallest absolute Gasteiger partial charge is 0.317 e. The number of aromatic nitrogens is 2. The van der Waals surface area contributed by atoms with E-state index in [0.717, 1.165) is 12.0 Å². The number of aryl methyl sites for hydroxylation is 1. The van der Waals surface area contributed by atoms with E-state index < -0.39 is 17.1 Å². The molecule has 2 N–H and O–H groups in total. The van der Waals surface area contributed by atoms with Crippen molar-refractivity contribution in [3.63, 3.8) is 0 Å². The molecule has 0 spiro atoms. The highest BCUT2D eigenvalue weighted by Crippen LogP contribution is 2.12. The number of rotatable bonds is 5. The molecule has 1 aromatic heterocycles. The number of aromatic amines is 1. The number of likely N-dealkylation sites (N-methyl/N-ethyl adjacent to an activating group) is 1. The average molecular weight is 291 g/mol. The van der Waals surface area contributed by atoms with Gasteiger partial charge in [-0.3, -0.25) is 23.9 Å². The van der Waals surface area contributed by atoms with E-state index in [9.17, 15) is 14.4 Å². The summed E-state index contributed by atoms with van der Waals surface area (Å²) in [6.45, 7) is 1.82. The van der Waals surface area contributed by atoms with Crippen molar-refractivity contribution in [2.75, 3.05) is 13.6 Å². The van der Waals surface area contributed by atoms with Crippen molar-refractivity contribution in [2.45, 2.75) is 20.0 Å². The van der Waals surface area contributed by atoms with Gasteiger partial charge < -0.3 is 10.1 Å². The molecule has 0 saturated carbocycles. The number of carboxylic acid groups (broad SMARTS) is 1. The quantitative estimate of drug-likeness (QED) is 0.769. The van der Waals surface area contributed by atoms with E-state index in [2.05, 4.69) is 4.98 Å². The van der Waals surface area contributed by atoms with Crippen LogP contribution in [0.15, 0.2) is 27.8 Å². The van der Waals surface area contributed by atoms with Crippen LogP contribution in [0.2, 0.25) is 0 Å². The van der Waals surface area contributed by atoms with Crippen LogP contribution in [0.25, 0.3) is 11.0 Å². The Balaban J connectivity index is 2.55. The van der Waals surface area contributed by atoms with Gasteiger partial charge in [0.2, 0.25) is 0 Å². The lowest BCUT2D eigenvalue weighted by molar-refractivity contribution is -0.138. The molecular weight excluding hydrogens is 274 g/mol. The molecule has 1 aromatic carbocycles. The fraction of sp³-hybridized carbons (Fsp3) is 0.357. The summed E-state index contributed by atoms with van der Waals surface area (Å²) in [6.07, 6.45) is 0.815. The number of benzene rings is 1. The zero-order valence-corrected chi connectivity index (χ0v) is 11.9. The van der Waals surface area contributed by atoms with Gasteiger partial charge in [0.05, 0.1) is 24.2 Å². The summed E-state index contributed by atoms with van der Waals surface area (Å²) in [5, 5.41) is 8.77. The van der Waals surface area contributed by atoms with Gasteiger partial charge in [-0.2, -0.15) is 0 Å². The molecule has 0 aliphatic rings. The Kier molecular flexibility index (Phi) is 4.23. The van der Waals surface area contributed by atoms with Crippen LogP contribution in [-0.2, 0) is 17.9 Å². The van der Waals surface area contributed by atoms with E-state index in [4.69, 9.17) is 5.11 Å². The molecular formula is C14H17N3O4. The Morgan fingerprint density at radius 3 is 2.71 bits per heavy atom. The number of nitrogens with one attached hydrogen (secondary N) is 1. The van der Waals surface area contributed by atoms with E-state index in [1.54, 1.807) is 13.1 Å². The van der Waals surface area contributed by atoms with E-state index in [1.807, 2.05) is 19.1 Å². The fourth-order valence-corrected chi connectivity index (χ4v) is 2.21. The lowest BCUT2D eigenvalue weighted by Crippen LogP contribution is -2.40. The van der Waals surface area contributed by atoms with Crippen molar-refractivity contribution in [3.05, 3.63) is 44.5 Å². The minimum Gasteiger partial charge on any atom is -0.480 e. The summed E-state index contributed by atoms with van der Waals surface area (Å²) in [5.41, 5.74) is 0.794. The number of aliphatic carboxylic acids is 1. The molecule has 112 valence electrons. The summed E-state index contributed by atoms with van der Waals surface area (Å²) in [6, 6.07) is 5.47. The molecule has 7 heteroatoms. The first-order valence-electron chi connectivity index (χ1n) is 6.58. The largest absolute Gasteiger partial charge is 0.480 e. The van der Waals surface area contributed by atoms with Gasteiger partial charge in [-0.1, -0.05) is 13.0 Å². The van der Waals surface area contributed by atoms with Gasteiger partial charge in [0.15, 0.2) is 0 Å². The van der Waals surface area contributed by atoms with Crippen LogP contribution in [0, 0.1) is 0 Å². The SMILES string of the molecule is CCc1ccc2c(c1)[nH]c(=O)c(=O)n2CN(C)CC(=O)O. The molecule has 2 rings (SSSR count). The fourth-order valence-electron chi connectivity index (χ4n) is 2.21. The van der Waals surface area contributed by atoms with Gasteiger partial charge in [0, 0.05) is 0 Å². The van der Waals surface area contributed by atoms with Crippen molar-refractivity contribution in [3.8, 4) is 0 Å². The lowest BCUT2D eigenvalue weighted by Gasteiger charge is -2.17. The normalized spacial score (nSPS) is 11.2. The second kappa shape index (κ2) is 5.92. The Morgan fingerprint density at radius 1 is 1.38 bits per heavy atom. The molecule has 1 heterocycles.